The van der Waals surface area contributed by atoms with Crippen molar-refractivity contribution in [1.82, 2.24) is 9.80 Å². The Balaban J connectivity index is 1.42. The van der Waals surface area contributed by atoms with Gasteiger partial charge in [-0.1, -0.05) is 60.7 Å². The highest BCUT2D eigenvalue weighted by molar-refractivity contribution is 5.91. The molecule has 0 saturated carbocycles. The molecule has 6 rings (SSSR count). The molecular weight excluding hydrogens is 436 g/mol. The van der Waals surface area contributed by atoms with E-state index in [1.54, 1.807) is 26.2 Å². The third-order valence-corrected chi connectivity index (χ3v) is 6.27. The first kappa shape index (κ1) is 20.5. The second kappa shape index (κ2) is 7.72. The molecule has 8 nitrogen and oxygen atoms in total. The molecule has 0 radical (unpaired) electrons. The fraction of sp³-hybridized carbons (Fsp3) is 0.154. The first-order valence-corrected chi connectivity index (χ1v) is 10.8. The van der Waals surface area contributed by atoms with Crippen molar-refractivity contribution in [1.29, 1.82) is 0 Å². The summed E-state index contributed by atoms with van der Waals surface area (Å²) in [4.78, 5) is 39.6. The zero-order valence-electron chi connectivity index (χ0n) is 18.4. The monoisotopic (exact) mass is 456 g/mol. The largest absolute Gasteiger partial charge is 0.417 e. The van der Waals surface area contributed by atoms with Gasteiger partial charge in [0.2, 0.25) is 0 Å². The van der Waals surface area contributed by atoms with Crippen LogP contribution in [0.1, 0.15) is 23.6 Å². The Morgan fingerprint density at radius 3 is 1.47 bits per heavy atom. The number of benzene rings is 4. The molecule has 34 heavy (non-hydrogen) atoms. The van der Waals surface area contributed by atoms with Crippen LogP contribution in [0.3, 0.4) is 0 Å². The third kappa shape index (κ3) is 3.07. The van der Waals surface area contributed by atoms with Crippen LogP contribution in [-0.2, 0) is 9.78 Å². The molecule has 2 atom stereocenters. The fourth-order valence-electron chi connectivity index (χ4n) is 4.48. The molecule has 2 aliphatic rings. The summed E-state index contributed by atoms with van der Waals surface area (Å²) in [6, 6.07) is 22.8. The van der Waals surface area contributed by atoms with Crippen molar-refractivity contribution in [2.24, 2.45) is 0 Å². The van der Waals surface area contributed by atoms with E-state index in [-0.39, 0.29) is 0 Å². The number of carbonyl (C=O) groups is 2. The highest BCUT2D eigenvalue weighted by Gasteiger charge is 2.39. The van der Waals surface area contributed by atoms with Crippen LogP contribution < -0.4 is 9.47 Å². The number of rotatable bonds is 3. The number of ether oxygens (including phenoxy) is 2. The molecular formula is C26H20N2O6. The van der Waals surface area contributed by atoms with Crippen molar-refractivity contribution in [2.75, 3.05) is 14.1 Å². The lowest BCUT2D eigenvalue weighted by atomic mass is 10.0. The molecule has 0 N–H and O–H groups in total. The Morgan fingerprint density at radius 2 is 1.03 bits per heavy atom. The SMILES string of the molecule is CN1C(=O)Oc2ccc3ccccc3c2[C@@H]1OO[C@H]1c2c(ccc3ccccc23)OC(=O)N1C. The summed E-state index contributed by atoms with van der Waals surface area (Å²) >= 11 is 0. The van der Waals surface area contributed by atoms with Crippen LogP contribution >= 0.6 is 0 Å². The Kier molecular flexibility index (Phi) is 4.65. The summed E-state index contributed by atoms with van der Waals surface area (Å²) in [5.41, 5.74) is 1.33. The highest BCUT2D eigenvalue weighted by Crippen LogP contribution is 2.44. The third-order valence-electron chi connectivity index (χ3n) is 6.27. The normalized spacial score (nSPS) is 19.6. The van der Waals surface area contributed by atoms with E-state index in [1.807, 2.05) is 60.7 Å². The predicted octanol–water partition coefficient (Wildman–Crippen LogP) is 5.53. The molecule has 8 heteroatoms. The van der Waals surface area contributed by atoms with Gasteiger partial charge in [0.1, 0.15) is 11.5 Å². The molecule has 0 spiro atoms. The average molecular weight is 456 g/mol. The lowest BCUT2D eigenvalue weighted by Gasteiger charge is -2.36. The van der Waals surface area contributed by atoms with Crippen molar-refractivity contribution in [3.63, 3.8) is 0 Å². The van der Waals surface area contributed by atoms with Crippen LogP contribution in [0.25, 0.3) is 21.5 Å². The van der Waals surface area contributed by atoms with Crippen molar-refractivity contribution in [2.45, 2.75) is 12.5 Å². The Labute approximate surface area is 194 Å². The maximum absolute atomic E-state index is 12.5. The molecule has 2 aliphatic heterocycles. The van der Waals surface area contributed by atoms with Gasteiger partial charge < -0.3 is 9.47 Å². The van der Waals surface area contributed by atoms with Crippen molar-refractivity contribution in [3.05, 3.63) is 83.9 Å². The zero-order valence-corrected chi connectivity index (χ0v) is 18.4. The Bertz CT molecular complexity index is 1360. The average Bonchev–Trinajstić information content (AvgIpc) is 2.86. The van der Waals surface area contributed by atoms with E-state index in [0.29, 0.717) is 22.6 Å². The summed E-state index contributed by atoms with van der Waals surface area (Å²) in [5, 5.41) is 3.68. The number of amides is 2. The van der Waals surface area contributed by atoms with Gasteiger partial charge in [-0.2, -0.15) is 0 Å². The summed E-state index contributed by atoms with van der Waals surface area (Å²) in [5.74, 6) is 0.801. The van der Waals surface area contributed by atoms with Gasteiger partial charge in [0.05, 0.1) is 11.1 Å². The van der Waals surface area contributed by atoms with Crippen LogP contribution in [0.2, 0.25) is 0 Å². The molecule has 2 amide bonds. The number of nitrogens with zero attached hydrogens (tertiary/aromatic N) is 2. The van der Waals surface area contributed by atoms with Crippen molar-refractivity contribution in [3.8, 4) is 11.5 Å². The molecule has 0 aliphatic carbocycles. The van der Waals surface area contributed by atoms with Gasteiger partial charge in [0, 0.05) is 14.1 Å². The van der Waals surface area contributed by atoms with Crippen LogP contribution in [-0.4, -0.2) is 36.1 Å². The second-order valence-electron chi connectivity index (χ2n) is 8.25. The van der Waals surface area contributed by atoms with Gasteiger partial charge in [0.15, 0.2) is 12.5 Å². The number of hydrogen-bond donors (Lipinski definition) is 0. The number of hydrogen-bond acceptors (Lipinski definition) is 6. The molecule has 0 unspecified atom stereocenters. The van der Waals surface area contributed by atoms with Crippen molar-refractivity contribution < 1.29 is 28.8 Å². The maximum Gasteiger partial charge on any atom is 0.417 e. The summed E-state index contributed by atoms with van der Waals surface area (Å²) < 4.78 is 11.0. The van der Waals surface area contributed by atoms with E-state index < -0.39 is 24.6 Å². The molecule has 0 fully saturated rings. The Morgan fingerprint density at radius 1 is 0.618 bits per heavy atom. The van der Waals surface area contributed by atoms with E-state index in [2.05, 4.69) is 0 Å². The Hall–Kier alpha value is -4.14. The van der Waals surface area contributed by atoms with E-state index in [4.69, 9.17) is 19.2 Å². The lowest BCUT2D eigenvalue weighted by molar-refractivity contribution is -0.394. The van der Waals surface area contributed by atoms with Crippen molar-refractivity contribution >= 4 is 33.7 Å². The zero-order chi connectivity index (χ0) is 23.4. The first-order chi connectivity index (χ1) is 16.5. The van der Waals surface area contributed by atoms with Crippen LogP contribution in [0.5, 0.6) is 11.5 Å². The van der Waals surface area contributed by atoms with Gasteiger partial charge in [0.25, 0.3) is 0 Å². The molecule has 170 valence electrons. The number of fused-ring (bicyclic) bond motifs is 6. The molecule has 2 heterocycles. The van der Waals surface area contributed by atoms with Gasteiger partial charge >= 0.3 is 12.2 Å². The molecule has 4 aromatic carbocycles. The quantitative estimate of drug-likeness (QED) is 0.298. The van der Waals surface area contributed by atoms with Gasteiger partial charge in [-0.25, -0.2) is 19.4 Å². The molecule has 0 saturated heterocycles. The van der Waals surface area contributed by atoms with E-state index >= 15 is 0 Å². The minimum Gasteiger partial charge on any atom is -0.410 e. The van der Waals surface area contributed by atoms with Gasteiger partial charge in [-0.15, -0.1) is 0 Å². The summed E-state index contributed by atoms with van der Waals surface area (Å²) in [6.45, 7) is 0. The van der Waals surface area contributed by atoms with Crippen LogP contribution in [0.4, 0.5) is 9.59 Å². The number of carbonyl (C=O) groups excluding carboxylic acids is 2. The van der Waals surface area contributed by atoms with Crippen LogP contribution in [0.15, 0.2) is 72.8 Å². The van der Waals surface area contributed by atoms with Gasteiger partial charge in [-0.05, 0) is 33.7 Å². The summed E-state index contributed by atoms with van der Waals surface area (Å²) in [7, 11) is 3.15. The lowest BCUT2D eigenvalue weighted by Crippen LogP contribution is -2.42. The standard InChI is InChI=1S/C26H20N2O6/c1-27-23(21-17-9-5-3-7-15(17)11-13-19(21)31-25(27)29)33-34-24-22-18-10-6-4-8-16(18)12-14-20(22)32-26(30)28(24)2/h3-14,23-24H,1-2H3/t23-,24-/m0/s1. The van der Waals surface area contributed by atoms with Gasteiger partial charge in [-0.3, -0.25) is 9.80 Å². The first-order valence-electron chi connectivity index (χ1n) is 10.8. The van der Waals surface area contributed by atoms with E-state index in [1.165, 1.54) is 9.80 Å². The molecule has 0 bridgehead atoms. The fourth-order valence-corrected chi connectivity index (χ4v) is 4.48. The summed E-state index contributed by atoms with van der Waals surface area (Å²) in [6.07, 6.45) is -2.93. The smallest absolute Gasteiger partial charge is 0.410 e. The highest BCUT2D eigenvalue weighted by atomic mass is 17.2. The predicted molar refractivity (Wildman–Crippen MR) is 123 cm³/mol. The molecule has 0 aromatic heterocycles. The second-order valence-corrected chi connectivity index (χ2v) is 8.25. The topological polar surface area (TPSA) is 77.5 Å². The molecule has 4 aromatic rings. The van der Waals surface area contributed by atoms with E-state index in [9.17, 15) is 9.59 Å². The minimum atomic E-state index is -0.896. The minimum absolute atomic E-state index is 0.401. The van der Waals surface area contributed by atoms with Crippen LogP contribution in [0, 0.1) is 0 Å². The maximum atomic E-state index is 12.5. The van der Waals surface area contributed by atoms with E-state index in [0.717, 1.165) is 21.5 Å².